The van der Waals surface area contributed by atoms with Gasteiger partial charge in [-0.15, -0.1) is 11.3 Å². The normalized spacial score (nSPS) is 17.8. The zero-order valence-electron chi connectivity index (χ0n) is 16.0. The van der Waals surface area contributed by atoms with Gasteiger partial charge in [-0.25, -0.2) is 9.78 Å². The van der Waals surface area contributed by atoms with E-state index in [0.717, 1.165) is 5.56 Å². The number of carbonyl (C=O) groups excluding carboxylic acids is 1. The van der Waals surface area contributed by atoms with Crippen LogP contribution < -0.4 is 9.47 Å². The molecule has 10 heteroatoms. The fourth-order valence-electron chi connectivity index (χ4n) is 2.49. The number of methoxy groups -OCH3 is 1. The van der Waals surface area contributed by atoms with Gasteiger partial charge in [-0.2, -0.15) is 4.99 Å². The number of rotatable bonds is 7. The number of carboxylic acid groups (broad SMARTS) is 1. The van der Waals surface area contributed by atoms with Gasteiger partial charge in [0, 0.05) is 18.1 Å². The van der Waals surface area contributed by atoms with Crippen molar-refractivity contribution in [2.24, 2.45) is 4.99 Å². The number of benzene rings is 1. The fourth-order valence-corrected chi connectivity index (χ4v) is 4.09. The molecule has 1 N–H and O–H groups in total. The molecule has 152 valence electrons. The van der Waals surface area contributed by atoms with Crippen LogP contribution >= 0.6 is 23.1 Å². The van der Waals surface area contributed by atoms with Crippen LogP contribution in [0.5, 0.6) is 11.5 Å². The summed E-state index contributed by atoms with van der Waals surface area (Å²) in [6, 6.07) is 5.05. The molecular weight excluding hydrogens is 414 g/mol. The minimum atomic E-state index is -1.07. The number of amidine groups is 1. The Balaban J connectivity index is 1.87. The number of hydrogen-bond donors (Lipinski definition) is 1. The lowest BCUT2D eigenvalue weighted by Gasteiger charge is -2.14. The van der Waals surface area contributed by atoms with Crippen LogP contribution in [-0.2, 0) is 9.59 Å². The van der Waals surface area contributed by atoms with E-state index >= 15 is 0 Å². The number of aliphatic carboxylic acids is 1. The number of amides is 1. The van der Waals surface area contributed by atoms with Crippen LogP contribution in [0, 0.1) is 0 Å². The van der Waals surface area contributed by atoms with E-state index in [0.29, 0.717) is 33.2 Å². The second-order valence-electron chi connectivity index (χ2n) is 5.88. The first kappa shape index (κ1) is 20.9. The van der Waals surface area contributed by atoms with Gasteiger partial charge in [-0.05, 0) is 49.4 Å². The van der Waals surface area contributed by atoms with E-state index in [4.69, 9.17) is 14.6 Å². The molecule has 1 unspecified atom stereocenters. The highest BCUT2D eigenvalue weighted by Crippen LogP contribution is 2.36. The third kappa shape index (κ3) is 4.77. The van der Waals surface area contributed by atoms with Crippen molar-refractivity contribution in [1.82, 2.24) is 9.88 Å². The molecule has 1 aliphatic rings. The van der Waals surface area contributed by atoms with Crippen molar-refractivity contribution in [2.75, 3.05) is 13.7 Å². The van der Waals surface area contributed by atoms with E-state index in [1.165, 1.54) is 37.1 Å². The monoisotopic (exact) mass is 433 g/mol. The first-order chi connectivity index (χ1) is 13.9. The Kier molecular flexibility index (Phi) is 6.55. The van der Waals surface area contributed by atoms with E-state index in [-0.39, 0.29) is 5.91 Å². The van der Waals surface area contributed by atoms with Crippen LogP contribution in [0.1, 0.15) is 19.4 Å². The highest BCUT2D eigenvalue weighted by molar-refractivity contribution is 8.18. The maximum absolute atomic E-state index is 12.7. The van der Waals surface area contributed by atoms with Gasteiger partial charge in [-0.3, -0.25) is 9.69 Å². The molecule has 29 heavy (non-hydrogen) atoms. The Hall–Kier alpha value is -2.85. The molecule has 1 fully saturated rings. The van der Waals surface area contributed by atoms with Gasteiger partial charge >= 0.3 is 5.97 Å². The van der Waals surface area contributed by atoms with Crippen LogP contribution in [0.3, 0.4) is 0 Å². The van der Waals surface area contributed by atoms with Gasteiger partial charge in [0.1, 0.15) is 0 Å². The van der Waals surface area contributed by atoms with E-state index in [1.54, 1.807) is 35.4 Å². The Morgan fingerprint density at radius 2 is 2.21 bits per heavy atom. The first-order valence-corrected chi connectivity index (χ1v) is 10.4. The summed E-state index contributed by atoms with van der Waals surface area (Å²) in [7, 11) is 1.47. The molecule has 1 aliphatic heterocycles. The summed E-state index contributed by atoms with van der Waals surface area (Å²) in [5, 5.41) is 12.0. The number of hydrogen-bond acceptors (Lipinski definition) is 8. The summed E-state index contributed by atoms with van der Waals surface area (Å²) in [5.41, 5.74) is 0.722. The van der Waals surface area contributed by atoms with Gasteiger partial charge in [0.15, 0.2) is 22.8 Å². The van der Waals surface area contributed by atoms with Gasteiger partial charge in [0.2, 0.25) is 5.13 Å². The summed E-state index contributed by atoms with van der Waals surface area (Å²) >= 11 is 2.68. The molecule has 8 nitrogen and oxygen atoms in total. The highest BCUT2D eigenvalue weighted by atomic mass is 32.2. The molecule has 0 aliphatic carbocycles. The maximum Gasteiger partial charge on any atom is 0.344 e. The molecule has 0 saturated carbocycles. The summed E-state index contributed by atoms with van der Waals surface area (Å²) < 4.78 is 10.7. The van der Waals surface area contributed by atoms with Gasteiger partial charge in [-0.1, -0.05) is 6.07 Å². The number of thioether (sulfide) groups is 1. The predicted octanol–water partition coefficient (Wildman–Crippen LogP) is 3.63. The van der Waals surface area contributed by atoms with Crippen LogP contribution in [-0.4, -0.2) is 51.8 Å². The molecule has 1 saturated heterocycles. The lowest BCUT2D eigenvalue weighted by molar-refractivity contribution is -0.144. The van der Waals surface area contributed by atoms with E-state index < -0.39 is 12.1 Å². The summed E-state index contributed by atoms with van der Waals surface area (Å²) in [6.45, 7) is 3.82. The molecule has 3 rings (SSSR count). The second-order valence-corrected chi connectivity index (χ2v) is 7.76. The van der Waals surface area contributed by atoms with Crippen molar-refractivity contribution in [3.05, 3.63) is 40.2 Å². The third-order valence-corrected chi connectivity index (χ3v) is 5.62. The van der Waals surface area contributed by atoms with Gasteiger partial charge in [0.25, 0.3) is 5.91 Å². The number of nitrogens with zero attached hydrogens (tertiary/aromatic N) is 3. The Morgan fingerprint density at radius 3 is 2.83 bits per heavy atom. The average Bonchev–Trinajstić information content (AvgIpc) is 3.31. The van der Waals surface area contributed by atoms with Crippen molar-refractivity contribution in [1.29, 1.82) is 0 Å². The molecule has 0 bridgehead atoms. The van der Waals surface area contributed by atoms with Crippen LogP contribution in [0.15, 0.2) is 39.7 Å². The van der Waals surface area contributed by atoms with E-state index in [9.17, 15) is 9.59 Å². The molecule has 1 aromatic carbocycles. The largest absolute Gasteiger partial charge is 0.493 e. The molecule has 2 aromatic rings. The predicted molar refractivity (Wildman–Crippen MR) is 113 cm³/mol. The lowest BCUT2D eigenvalue weighted by Crippen LogP contribution is -2.28. The fraction of sp³-hybridized carbons (Fsp3) is 0.263. The Labute approximate surface area is 175 Å². The van der Waals surface area contributed by atoms with Crippen molar-refractivity contribution < 1.29 is 24.2 Å². The minimum Gasteiger partial charge on any atom is -0.493 e. The molecule has 1 atom stereocenters. The topological polar surface area (TPSA) is 101 Å². The molecule has 0 spiro atoms. The number of ether oxygens (including phenoxy) is 2. The van der Waals surface area contributed by atoms with Crippen LogP contribution in [0.25, 0.3) is 6.08 Å². The number of aromatic nitrogens is 1. The lowest BCUT2D eigenvalue weighted by atomic mass is 10.2. The van der Waals surface area contributed by atoms with Gasteiger partial charge < -0.3 is 14.6 Å². The molecular formula is C19H19N3O5S2. The Morgan fingerprint density at radius 1 is 1.41 bits per heavy atom. The minimum absolute atomic E-state index is 0.133. The van der Waals surface area contributed by atoms with Crippen molar-refractivity contribution in [3.63, 3.8) is 0 Å². The average molecular weight is 434 g/mol. The highest BCUT2D eigenvalue weighted by Gasteiger charge is 2.32. The standard InChI is InChI=1S/C19H19N3O5S2/c1-4-22-16(23)15(29-19(22)21-18-20-7-8-28-18)10-12-5-6-13(14(9-12)26-3)27-11(2)17(24)25/h5-11H,4H2,1-3H3,(H,24,25)/b15-10+,21-19+. The second kappa shape index (κ2) is 9.10. The van der Waals surface area contributed by atoms with Gasteiger partial charge in [0.05, 0.1) is 12.0 Å². The van der Waals surface area contributed by atoms with Crippen molar-refractivity contribution in [2.45, 2.75) is 20.0 Å². The molecule has 1 amide bonds. The number of likely N-dealkylation sites (N-methyl/N-ethyl adjacent to an activating group) is 1. The zero-order chi connectivity index (χ0) is 21.0. The maximum atomic E-state index is 12.7. The summed E-state index contributed by atoms with van der Waals surface area (Å²) in [4.78, 5) is 34.5. The smallest absolute Gasteiger partial charge is 0.344 e. The summed E-state index contributed by atoms with van der Waals surface area (Å²) in [6.07, 6.45) is 2.40. The van der Waals surface area contributed by atoms with Crippen molar-refractivity contribution in [3.8, 4) is 11.5 Å². The quantitative estimate of drug-likeness (QED) is 0.665. The number of thiazole rings is 1. The molecule has 2 heterocycles. The third-order valence-electron chi connectivity index (χ3n) is 3.95. The van der Waals surface area contributed by atoms with E-state index in [1.807, 2.05) is 12.3 Å². The zero-order valence-corrected chi connectivity index (χ0v) is 17.6. The molecule has 1 aromatic heterocycles. The number of carboxylic acids is 1. The summed E-state index contributed by atoms with van der Waals surface area (Å²) in [5.74, 6) is -0.507. The molecule has 0 radical (unpaired) electrons. The number of carbonyl (C=O) groups is 2. The SMILES string of the molecule is CCN1C(=O)/C(=C\c2ccc(OC(C)C(=O)O)c(OC)c2)S/C1=N/c1nccs1. The van der Waals surface area contributed by atoms with Crippen LogP contribution in [0.4, 0.5) is 5.13 Å². The Bertz CT molecular complexity index is 972. The van der Waals surface area contributed by atoms with Crippen LogP contribution in [0.2, 0.25) is 0 Å². The van der Waals surface area contributed by atoms with Crippen molar-refractivity contribution >= 4 is 51.4 Å². The number of aliphatic imine (C=N–C) groups is 1. The first-order valence-electron chi connectivity index (χ1n) is 8.70. The van der Waals surface area contributed by atoms with E-state index in [2.05, 4.69) is 9.98 Å².